The minimum atomic E-state index is -0.252. The van der Waals surface area contributed by atoms with Crippen LogP contribution in [-0.4, -0.2) is 34.9 Å². The van der Waals surface area contributed by atoms with Gasteiger partial charge in [-0.3, -0.25) is 14.6 Å². The van der Waals surface area contributed by atoms with E-state index in [1.54, 1.807) is 0 Å². The molecule has 0 saturated carbocycles. The first-order valence-electron chi connectivity index (χ1n) is 5.93. The molecule has 0 unspecified atom stereocenters. The van der Waals surface area contributed by atoms with Crippen molar-refractivity contribution in [3.05, 3.63) is 24.3 Å². The molecule has 98 valence electrons. The van der Waals surface area contributed by atoms with E-state index in [9.17, 15) is 9.59 Å². The van der Waals surface area contributed by atoms with Crippen LogP contribution in [0.25, 0.3) is 0 Å². The molecule has 0 atom stereocenters. The molecule has 0 aliphatic rings. The van der Waals surface area contributed by atoms with E-state index >= 15 is 0 Å². The summed E-state index contributed by atoms with van der Waals surface area (Å²) in [6.07, 6.45) is 5.08. The first-order chi connectivity index (χ1) is 8.61. The van der Waals surface area contributed by atoms with E-state index in [2.05, 4.69) is 20.6 Å². The van der Waals surface area contributed by atoms with E-state index in [1.807, 2.05) is 13.8 Å². The van der Waals surface area contributed by atoms with Crippen LogP contribution in [0, 0.1) is 5.92 Å². The predicted octanol–water partition coefficient (Wildman–Crippen LogP) is 0.369. The normalized spacial score (nSPS) is 10.2. The highest BCUT2D eigenvalue weighted by atomic mass is 16.2. The molecule has 0 aromatic carbocycles. The van der Waals surface area contributed by atoms with Crippen molar-refractivity contribution in [3.8, 4) is 0 Å². The van der Waals surface area contributed by atoms with Gasteiger partial charge in [-0.1, -0.05) is 13.8 Å². The lowest BCUT2D eigenvalue weighted by atomic mass is 10.2. The fourth-order valence-corrected chi connectivity index (χ4v) is 1.21. The van der Waals surface area contributed by atoms with Gasteiger partial charge in [0.15, 0.2) is 0 Å². The zero-order chi connectivity index (χ0) is 13.4. The number of hydrogen-bond acceptors (Lipinski definition) is 4. The van der Waals surface area contributed by atoms with Crippen LogP contribution in [0.3, 0.4) is 0 Å². The summed E-state index contributed by atoms with van der Waals surface area (Å²) < 4.78 is 0. The van der Waals surface area contributed by atoms with Crippen LogP contribution in [0.5, 0.6) is 0 Å². The van der Waals surface area contributed by atoms with Crippen molar-refractivity contribution in [2.75, 3.05) is 13.1 Å². The molecule has 0 radical (unpaired) electrons. The van der Waals surface area contributed by atoms with Gasteiger partial charge < -0.3 is 10.6 Å². The van der Waals surface area contributed by atoms with Crippen molar-refractivity contribution in [3.63, 3.8) is 0 Å². The van der Waals surface area contributed by atoms with E-state index < -0.39 is 0 Å². The van der Waals surface area contributed by atoms with Crippen molar-refractivity contribution in [2.24, 2.45) is 5.92 Å². The summed E-state index contributed by atoms with van der Waals surface area (Å²) in [5.74, 6) is -0.243. The highest BCUT2D eigenvalue weighted by Crippen LogP contribution is 1.91. The SMILES string of the molecule is CC(C)C(=O)NCCCNC(=O)c1cnccn1. The lowest BCUT2D eigenvalue weighted by Crippen LogP contribution is -2.32. The van der Waals surface area contributed by atoms with Crippen LogP contribution in [0.15, 0.2) is 18.6 Å². The minimum absolute atomic E-state index is 0.0146. The summed E-state index contributed by atoms with van der Waals surface area (Å²) in [6.45, 7) is 4.72. The number of carbonyl (C=O) groups is 2. The number of amides is 2. The Kier molecular flexibility index (Phi) is 5.76. The van der Waals surface area contributed by atoms with Gasteiger partial charge in [0.1, 0.15) is 5.69 Å². The van der Waals surface area contributed by atoms with Gasteiger partial charge in [0.05, 0.1) is 6.20 Å². The van der Waals surface area contributed by atoms with Crippen molar-refractivity contribution in [1.82, 2.24) is 20.6 Å². The molecule has 2 N–H and O–H groups in total. The Morgan fingerprint density at radius 3 is 2.56 bits per heavy atom. The number of aromatic nitrogens is 2. The molecular weight excluding hydrogens is 232 g/mol. The smallest absolute Gasteiger partial charge is 0.271 e. The standard InChI is InChI=1S/C12H18N4O2/c1-9(2)11(17)15-4-3-5-16-12(18)10-8-13-6-7-14-10/h6-9H,3-5H2,1-2H3,(H,15,17)(H,16,18). The molecule has 0 bridgehead atoms. The van der Waals surface area contributed by atoms with Gasteiger partial charge in [-0.15, -0.1) is 0 Å². The first kappa shape index (κ1) is 14.1. The molecule has 0 saturated heterocycles. The number of nitrogens with zero attached hydrogens (tertiary/aromatic N) is 2. The van der Waals surface area contributed by atoms with Gasteiger partial charge in [0, 0.05) is 31.4 Å². The third kappa shape index (κ3) is 4.90. The topological polar surface area (TPSA) is 84.0 Å². The van der Waals surface area contributed by atoms with Crippen molar-refractivity contribution in [1.29, 1.82) is 0 Å². The Hall–Kier alpha value is -1.98. The number of hydrogen-bond donors (Lipinski definition) is 2. The van der Waals surface area contributed by atoms with E-state index in [0.717, 1.165) is 0 Å². The number of carbonyl (C=O) groups excluding carboxylic acids is 2. The second-order valence-electron chi connectivity index (χ2n) is 4.15. The maximum absolute atomic E-state index is 11.5. The van der Waals surface area contributed by atoms with Gasteiger partial charge in [-0.05, 0) is 6.42 Å². The van der Waals surface area contributed by atoms with E-state index in [4.69, 9.17) is 0 Å². The second kappa shape index (κ2) is 7.37. The summed E-state index contributed by atoms with van der Waals surface area (Å²) in [7, 11) is 0. The van der Waals surface area contributed by atoms with Crippen molar-refractivity contribution in [2.45, 2.75) is 20.3 Å². The molecule has 1 rings (SSSR count). The summed E-state index contributed by atoms with van der Waals surface area (Å²) in [5.41, 5.74) is 0.295. The fraction of sp³-hybridized carbons (Fsp3) is 0.500. The van der Waals surface area contributed by atoms with Crippen LogP contribution in [0.1, 0.15) is 30.8 Å². The molecule has 18 heavy (non-hydrogen) atoms. The number of nitrogens with one attached hydrogen (secondary N) is 2. The Morgan fingerprint density at radius 1 is 1.22 bits per heavy atom. The first-order valence-corrected chi connectivity index (χ1v) is 5.93. The Labute approximate surface area is 106 Å². The molecule has 1 aromatic heterocycles. The Balaban J connectivity index is 2.15. The van der Waals surface area contributed by atoms with Gasteiger partial charge in [0.25, 0.3) is 5.91 Å². The van der Waals surface area contributed by atoms with E-state index in [1.165, 1.54) is 18.6 Å². The monoisotopic (exact) mass is 250 g/mol. The maximum Gasteiger partial charge on any atom is 0.271 e. The molecule has 1 heterocycles. The lowest BCUT2D eigenvalue weighted by Gasteiger charge is -2.08. The Bertz CT molecular complexity index is 392. The fourth-order valence-electron chi connectivity index (χ4n) is 1.21. The van der Waals surface area contributed by atoms with Gasteiger partial charge >= 0.3 is 0 Å². The Morgan fingerprint density at radius 2 is 1.94 bits per heavy atom. The van der Waals surface area contributed by atoms with Crippen LogP contribution < -0.4 is 10.6 Å². The average Bonchev–Trinajstić information content (AvgIpc) is 2.38. The van der Waals surface area contributed by atoms with Crippen LogP contribution in [-0.2, 0) is 4.79 Å². The minimum Gasteiger partial charge on any atom is -0.356 e. The molecule has 2 amide bonds. The highest BCUT2D eigenvalue weighted by molar-refractivity contribution is 5.91. The van der Waals surface area contributed by atoms with Crippen molar-refractivity contribution < 1.29 is 9.59 Å². The zero-order valence-corrected chi connectivity index (χ0v) is 10.6. The van der Waals surface area contributed by atoms with Gasteiger partial charge in [-0.2, -0.15) is 0 Å². The van der Waals surface area contributed by atoms with Crippen LogP contribution in [0.4, 0.5) is 0 Å². The molecule has 6 nitrogen and oxygen atoms in total. The second-order valence-corrected chi connectivity index (χ2v) is 4.15. The summed E-state index contributed by atoms with van der Waals surface area (Å²) in [5, 5.41) is 5.49. The third-order valence-electron chi connectivity index (χ3n) is 2.26. The quantitative estimate of drug-likeness (QED) is 0.714. The summed E-state index contributed by atoms with van der Waals surface area (Å²) in [4.78, 5) is 30.5. The third-order valence-corrected chi connectivity index (χ3v) is 2.26. The largest absolute Gasteiger partial charge is 0.356 e. The highest BCUT2D eigenvalue weighted by Gasteiger charge is 2.07. The molecular formula is C12H18N4O2. The summed E-state index contributed by atoms with van der Waals surface area (Å²) in [6, 6.07) is 0. The average molecular weight is 250 g/mol. The van der Waals surface area contributed by atoms with Gasteiger partial charge in [0.2, 0.25) is 5.91 Å². The van der Waals surface area contributed by atoms with E-state index in [-0.39, 0.29) is 17.7 Å². The number of rotatable bonds is 6. The van der Waals surface area contributed by atoms with Crippen molar-refractivity contribution >= 4 is 11.8 Å². The molecule has 0 fully saturated rings. The van der Waals surface area contributed by atoms with Crippen LogP contribution in [0.2, 0.25) is 0 Å². The molecule has 1 aromatic rings. The molecule has 0 aliphatic heterocycles. The molecule has 0 spiro atoms. The summed E-state index contributed by atoms with van der Waals surface area (Å²) >= 11 is 0. The zero-order valence-electron chi connectivity index (χ0n) is 10.6. The maximum atomic E-state index is 11.5. The molecule has 0 aliphatic carbocycles. The lowest BCUT2D eigenvalue weighted by molar-refractivity contribution is -0.123. The predicted molar refractivity (Wildman–Crippen MR) is 66.8 cm³/mol. The van der Waals surface area contributed by atoms with E-state index in [0.29, 0.717) is 25.2 Å². The van der Waals surface area contributed by atoms with Crippen LogP contribution >= 0.6 is 0 Å². The molecule has 6 heteroatoms. The van der Waals surface area contributed by atoms with Gasteiger partial charge in [-0.25, -0.2) is 4.98 Å².